The third-order valence-corrected chi connectivity index (χ3v) is 3.11. The zero-order valence-corrected chi connectivity index (χ0v) is 8.72. The third-order valence-electron chi connectivity index (χ3n) is 2.84. The number of hydrogen-bond acceptors (Lipinski definition) is 2. The summed E-state index contributed by atoms with van der Waals surface area (Å²) >= 11 is 5.62. The van der Waals surface area contributed by atoms with Crippen molar-refractivity contribution in [3.63, 3.8) is 0 Å². The average Bonchev–Trinajstić information content (AvgIpc) is 2.25. The van der Waals surface area contributed by atoms with Crippen molar-refractivity contribution in [3.05, 3.63) is 28.0 Å². The zero-order chi connectivity index (χ0) is 11.0. The minimum absolute atomic E-state index is 0.125. The van der Waals surface area contributed by atoms with Crippen LogP contribution in [0.2, 0.25) is 5.02 Å². The van der Waals surface area contributed by atoms with Gasteiger partial charge < -0.3 is 9.90 Å². The fourth-order valence-corrected chi connectivity index (χ4v) is 2.27. The van der Waals surface area contributed by atoms with Crippen LogP contribution in [-0.2, 0) is 11.2 Å². The second-order valence-corrected chi connectivity index (χ2v) is 4.13. The standard InChI is InChI=1S/C11H10ClFO2/c12-9-4-8-6(5-14)2-1-3-7(8)11(15)10(9)13/h4-6,15H,1-3H2. The maximum Gasteiger partial charge on any atom is 0.183 e. The summed E-state index contributed by atoms with van der Waals surface area (Å²) in [6.07, 6.45) is 2.94. The Morgan fingerprint density at radius 3 is 3.00 bits per heavy atom. The van der Waals surface area contributed by atoms with Gasteiger partial charge in [0.05, 0.1) is 5.02 Å². The lowest BCUT2D eigenvalue weighted by atomic mass is 9.83. The van der Waals surface area contributed by atoms with Crippen molar-refractivity contribution in [2.75, 3.05) is 0 Å². The number of halogens is 2. The Morgan fingerprint density at radius 1 is 1.60 bits per heavy atom. The lowest BCUT2D eigenvalue weighted by Crippen LogP contribution is -2.11. The van der Waals surface area contributed by atoms with E-state index in [1.807, 2.05) is 0 Å². The molecule has 0 amide bonds. The number of carbonyl (C=O) groups excluding carboxylic acids is 1. The van der Waals surface area contributed by atoms with E-state index in [9.17, 15) is 14.3 Å². The summed E-state index contributed by atoms with van der Waals surface area (Å²) in [6.45, 7) is 0. The molecule has 15 heavy (non-hydrogen) atoms. The first-order valence-electron chi connectivity index (χ1n) is 4.80. The van der Waals surface area contributed by atoms with Crippen LogP contribution in [0.5, 0.6) is 5.75 Å². The summed E-state index contributed by atoms with van der Waals surface area (Å²) in [5, 5.41) is 9.44. The molecule has 1 atom stereocenters. The number of aromatic hydroxyl groups is 1. The molecule has 0 bridgehead atoms. The number of phenolic OH excluding ortho intramolecular Hbond substituents is 1. The summed E-state index contributed by atoms with van der Waals surface area (Å²) in [7, 11) is 0. The van der Waals surface area contributed by atoms with Crippen molar-refractivity contribution in [1.82, 2.24) is 0 Å². The Bertz CT molecular complexity index is 418. The van der Waals surface area contributed by atoms with E-state index in [2.05, 4.69) is 0 Å². The Morgan fingerprint density at radius 2 is 2.33 bits per heavy atom. The fourth-order valence-electron chi connectivity index (χ4n) is 2.06. The van der Waals surface area contributed by atoms with Crippen LogP contribution >= 0.6 is 11.6 Å². The van der Waals surface area contributed by atoms with Crippen molar-refractivity contribution < 1.29 is 14.3 Å². The van der Waals surface area contributed by atoms with Gasteiger partial charge in [0, 0.05) is 11.5 Å². The van der Waals surface area contributed by atoms with Gasteiger partial charge in [-0.3, -0.25) is 0 Å². The van der Waals surface area contributed by atoms with Gasteiger partial charge in [0.1, 0.15) is 6.29 Å². The Kier molecular flexibility index (Phi) is 2.65. The quantitative estimate of drug-likeness (QED) is 0.751. The van der Waals surface area contributed by atoms with E-state index in [0.717, 1.165) is 19.1 Å². The first-order valence-corrected chi connectivity index (χ1v) is 5.18. The van der Waals surface area contributed by atoms with Crippen LogP contribution in [0.1, 0.15) is 29.9 Å². The molecule has 1 N–H and O–H groups in total. The highest BCUT2D eigenvalue weighted by molar-refractivity contribution is 6.31. The van der Waals surface area contributed by atoms with Crippen LogP contribution in [0.15, 0.2) is 6.07 Å². The van der Waals surface area contributed by atoms with Gasteiger partial charge in [-0.1, -0.05) is 11.6 Å². The summed E-state index contributed by atoms with van der Waals surface area (Å²) < 4.78 is 13.3. The molecule has 1 aliphatic rings. The summed E-state index contributed by atoms with van der Waals surface area (Å²) in [6, 6.07) is 1.45. The van der Waals surface area contributed by atoms with Gasteiger partial charge in [-0.15, -0.1) is 0 Å². The Hall–Kier alpha value is -1.09. The predicted octanol–water partition coefficient (Wildman–Crippen LogP) is 2.80. The van der Waals surface area contributed by atoms with Gasteiger partial charge >= 0.3 is 0 Å². The van der Waals surface area contributed by atoms with Gasteiger partial charge in [0.2, 0.25) is 0 Å². The maximum absolute atomic E-state index is 13.3. The number of fused-ring (bicyclic) bond motifs is 1. The lowest BCUT2D eigenvalue weighted by Gasteiger charge is -2.22. The minimum Gasteiger partial charge on any atom is -0.505 e. The average molecular weight is 229 g/mol. The van der Waals surface area contributed by atoms with Gasteiger partial charge in [-0.25, -0.2) is 4.39 Å². The summed E-state index contributed by atoms with van der Waals surface area (Å²) in [4.78, 5) is 10.8. The predicted molar refractivity (Wildman–Crippen MR) is 54.8 cm³/mol. The molecule has 0 saturated heterocycles. The van der Waals surface area contributed by atoms with Gasteiger partial charge in [-0.05, 0) is 30.9 Å². The maximum atomic E-state index is 13.3. The van der Waals surface area contributed by atoms with Crippen molar-refractivity contribution in [3.8, 4) is 5.75 Å². The van der Waals surface area contributed by atoms with Crippen LogP contribution in [-0.4, -0.2) is 11.4 Å². The van der Waals surface area contributed by atoms with E-state index < -0.39 is 11.6 Å². The molecule has 1 aromatic carbocycles. The van der Waals surface area contributed by atoms with Crippen LogP contribution in [0.3, 0.4) is 0 Å². The molecule has 1 aromatic rings. The molecule has 2 nitrogen and oxygen atoms in total. The minimum atomic E-state index is -0.790. The fraction of sp³-hybridized carbons (Fsp3) is 0.364. The molecular formula is C11H10ClFO2. The highest BCUT2D eigenvalue weighted by Crippen LogP contribution is 2.39. The topological polar surface area (TPSA) is 37.3 Å². The summed E-state index contributed by atoms with van der Waals surface area (Å²) in [5.41, 5.74) is 1.19. The first-order chi connectivity index (χ1) is 7.15. The first kappa shape index (κ1) is 10.4. The van der Waals surface area contributed by atoms with E-state index in [1.54, 1.807) is 0 Å². The van der Waals surface area contributed by atoms with E-state index in [4.69, 9.17) is 11.6 Å². The molecule has 80 valence electrons. The molecule has 0 saturated carbocycles. The van der Waals surface area contributed by atoms with Crippen molar-refractivity contribution in [2.24, 2.45) is 0 Å². The molecule has 0 fully saturated rings. The Labute approximate surface area is 91.7 Å². The molecule has 0 spiro atoms. The number of rotatable bonds is 1. The number of benzene rings is 1. The van der Waals surface area contributed by atoms with Crippen molar-refractivity contribution >= 4 is 17.9 Å². The third kappa shape index (κ3) is 1.61. The van der Waals surface area contributed by atoms with E-state index >= 15 is 0 Å². The van der Waals surface area contributed by atoms with Gasteiger partial charge in [0.25, 0.3) is 0 Å². The Balaban J connectivity index is 2.63. The van der Waals surface area contributed by atoms with Gasteiger partial charge in [-0.2, -0.15) is 0 Å². The number of carbonyl (C=O) groups is 1. The van der Waals surface area contributed by atoms with Crippen molar-refractivity contribution in [2.45, 2.75) is 25.2 Å². The molecule has 2 rings (SSSR count). The van der Waals surface area contributed by atoms with Crippen LogP contribution < -0.4 is 0 Å². The highest BCUT2D eigenvalue weighted by atomic mass is 35.5. The molecule has 4 heteroatoms. The normalized spacial score (nSPS) is 19.7. The molecular weight excluding hydrogens is 219 g/mol. The largest absolute Gasteiger partial charge is 0.505 e. The molecule has 0 aliphatic heterocycles. The van der Waals surface area contributed by atoms with Crippen molar-refractivity contribution in [1.29, 1.82) is 0 Å². The second-order valence-electron chi connectivity index (χ2n) is 3.72. The molecule has 1 aliphatic carbocycles. The smallest absolute Gasteiger partial charge is 0.183 e. The number of aldehydes is 1. The monoisotopic (exact) mass is 228 g/mol. The van der Waals surface area contributed by atoms with E-state index in [1.165, 1.54) is 6.07 Å². The zero-order valence-electron chi connectivity index (χ0n) is 7.96. The summed E-state index contributed by atoms with van der Waals surface area (Å²) in [5.74, 6) is -1.45. The molecule has 0 heterocycles. The number of hydrogen-bond donors (Lipinski definition) is 1. The SMILES string of the molecule is O=CC1CCCc2c1cc(Cl)c(F)c2O. The van der Waals surface area contributed by atoms with E-state index in [0.29, 0.717) is 17.5 Å². The number of phenols is 1. The van der Waals surface area contributed by atoms with Gasteiger partial charge in [0.15, 0.2) is 11.6 Å². The molecule has 1 unspecified atom stereocenters. The second kappa shape index (κ2) is 3.81. The lowest BCUT2D eigenvalue weighted by molar-refractivity contribution is -0.109. The molecule has 0 radical (unpaired) electrons. The van der Waals surface area contributed by atoms with Crippen LogP contribution in [0.4, 0.5) is 4.39 Å². The van der Waals surface area contributed by atoms with E-state index in [-0.39, 0.29) is 10.9 Å². The highest BCUT2D eigenvalue weighted by Gasteiger charge is 2.25. The van der Waals surface area contributed by atoms with Crippen LogP contribution in [0.25, 0.3) is 0 Å². The van der Waals surface area contributed by atoms with Crippen LogP contribution in [0, 0.1) is 5.82 Å². The molecule has 0 aromatic heterocycles.